The van der Waals surface area contributed by atoms with Crippen molar-refractivity contribution in [1.82, 2.24) is 14.5 Å². The van der Waals surface area contributed by atoms with Crippen molar-refractivity contribution in [3.63, 3.8) is 0 Å². The smallest absolute Gasteiger partial charge is 0.228 e. The van der Waals surface area contributed by atoms with Crippen LogP contribution < -0.4 is 5.32 Å². The Hall–Kier alpha value is -2.95. The summed E-state index contributed by atoms with van der Waals surface area (Å²) in [6.07, 6.45) is 12.1. The van der Waals surface area contributed by atoms with E-state index in [0.29, 0.717) is 12.1 Å². The van der Waals surface area contributed by atoms with Crippen LogP contribution in [0, 0.1) is 0 Å². The molecule has 0 unspecified atom stereocenters. The fourth-order valence-electron chi connectivity index (χ4n) is 3.29. The number of hydrogen-bond donors (Lipinski definition) is 1. The van der Waals surface area contributed by atoms with Crippen LogP contribution in [0.4, 0.5) is 5.69 Å². The Labute approximate surface area is 146 Å². The van der Waals surface area contributed by atoms with Crippen molar-refractivity contribution in [3.8, 4) is 5.82 Å². The summed E-state index contributed by atoms with van der Waals surface area (Å²) in [6.45, 7) is 0. The van der Waals surface area contributed by atoms with E-state index < -0.39 is 0 Å². The van der Waals surface area contributed by atoms with Gasteiger partial charge in [-0.1, -0.05) is 18.2 Å². The van der Waals surface area contributed by atoms with Crippen molar-refractivity contribution < 1.29 is 4.79 Å². The minimum atomic E-state index is -0.0204. The Morgan fingerprint density at radius 2 is 2.00 bits per heavy atom. The summed E-state index contributed by atoms with van der Waals surface area (Å²) in [7, 11) is 0. The minimum absolute atomic E-state index is 0.0204. The average molecular weight is 332 g/mol. The molecule has 2 heterocycles. The lowest BCUT2D eigenvalue weighted by Crippen LogP contribution is -2.15. The molecular weight excluding hydrogens is 312 g/mol. The third-order valence-corrected chi connectivity index (χ3v) is 4.58. The molecule has 1 aliphatic carbocycles. The molecule has 1 aliphatic rings. The van der Waals surface area contributed by atoms with Crippen molar-refractivity contribution in [2.45, 2.75) is 32.1 Å². The van der Waals surface area contributed by atoms with Crippen LogP contribution >= 0.6 is 0 Å². The number of nitrogens with zero attached hydrogens (tertiary/aromatic N) is 3. The van der Waals surface area contributed by atoms with Gasteiger partial charge in [0.05, 0.1) is 18.3 Å². The average Bonchev–Trinajstić information content (AvgIpc) is 3.17. The number of anilines is 1. The van der Waals surface area contributed by atoms with Crippen LogP contribution in [0.3, 0.4) is 0 Å². The van der Waals surface area contributed by atoms with Gasteiger partial charge >= 0.3 is 0 Å². The van der Waals surface area contributed by atoms with Gasteiger partial charge in [0.1, 0.15) is 12.1 Å². The second kappa shape index (κ2) is 6.89. The van der Waals surface area contributed by atoms with Gasteiger partial charge < -0.3 is 5.32 Å². The first-order valence-electron chi connectivity index (χ1n) is 8.63. The number of amides is 1. The quantitative estimate of drug-likeness (QED) is 0.797. The van der Waals surface area contributed by atoms with E-state index >= 15 is 0 Å². The first kappa shape index (κ1) is 15.6. The molecule has 2 aromatic heterocycles. The standard InChI is InChI=1S/C20H20N4O/c25-20(12-15-5-6-16-3-1-2-4-17(16)11-15)23-18-7-8-19(22-13-18)24-10-9-21-14-24/h5-11,13-14H,1-4,12H2,(H,23,25). The topological polar surface area (TPSA) is 59.8 Å². The second-order valence-electron chi connectivity index (χ2n) is 6.41. The molecule has 25 heavy (non-hydrogen) atoms. The van der Waals surface area contributed by atoms with E-state index in [1.165, 1.54) is 24.0 Å². The van der Waals surface area contributed by atoms with E-state index in [1.54, 1.807) is 18.7 Å². The summed E-state index contributed by atoms with van der Waals surface area (Å²) in [6, 6.07) is 10.2. The molecule has 1 aromatic carbocycles. The third-order valence-electron chi connectivity index (χ3n) is 4.58. The van der Waals surface area contributed by atoms with Gasteiger partial charge in [-0.25, -0.2) is 9.97 Å². The van der Waals surface area contributed by atoms with Crippen LogP contribution in [0.15, 0.2) is 55.2 Å². The van der Waals surface area contributed by atoms with Crippen LogP contribution in [0.5, 0.6) is 0 Å². The summed E-state index contributed by atoms with van der Waals surface area (Å²) in [5.41, 5.74) is 4.62. The molecule has 0 radical (unpaired) electrons. The first-order valence-corrected chi connectivity index (χ1v) is 8.63. The largest absolute Gasteiger partial charge is 0.324 e. The number of carbonyl (C=O) groups is 1. The number of aryl methyl sites for hydroxylation is 2. The summed E-state index contributed by atoms with van der Waals surface area (Å²) in [5.74, 6) is 0.748. The molecule has 1 amide bonds. The Balaban J connectivity index is 1.40. The highest BCUT2D eigenvalue weighted by Crippen LogP contribution is 2.22. The van der Waals surface area contributed by atoms with Crippen molar-refractivity contribution in [3.05, 3.63) is 71.9 Å². The van der Waals surface area contributed by atoms with Crippen molar-refractivity contribution >= 4 is 11.6 Å². The monoisotopic (exact) mass is 332 g/mol. The summed E-state index contributed by atoms with van der Waals surface area (Å²) in [4.78, 5) is 20.7. The number of pyridine rings is 1. The van der Waals surface area contributed by atoms with Crippen LogP contribution in [-0.4, -0.2) is 20.4 Å². The zero-order valence-corrected chi connectivity index (χ0v) is 14.0. The molecule has 4 rings (SSSR count). The van der Waals surface area contributed by atoms with Crippen LogP contribution in [0.1, 0.15) is 29.5 Å². The maximum atomic E-state index is 12.3. The molecule has 0 atom stereocenters. The molecule has 1 N–H and O–H groups in total. The first-order chi connectivity index (χ1) is 12.3. The Kier molecular flexibility index (Phi) is 4.29. The van der Waals surface area contributed by atoms with Crippen molar-refractivity contribution in [2.75, 3.05) is 5.32 Å². The molecule has 0 saturated carbocycles. The lowest BCUT2D eigenvalue weighted by molar-refractivity contribution is -0.115. The SMILES string of the molecule is O=C(Cc1ccc2c(c1)CCCC2)Nc1ccc(-n2ccnc2)nc1. The third kappa shape index (κ3) is 3.60. The fraction of sp³-hybridized carbons (Fsp3) is 0.250. The van der Waals surface area contributed by atoms with Gasteiger partial charge in [-0.15, -0.1) is 0 Å². The summed E-state index contributed by atoms with van der Waals surface area (Å²) >= 11 is 0. The lowest BCUT2D eigenvalue weighted by Gasteiger charge is -2.16. The van der Waals surface area contributed by atoms with E-state index in [0.717, 1.165) is 24.2 Å². The molecule has 126 valence electrons. The highest BCUT2D eigenvalue weighted by molar-refractivity contribution is 5.92. The molecule has 3 aromatic rings. The van der Waals surface area contributed by atoms with Crippen LogP contribution in [-0.2, 0) is 24.1 Å². The van der Waals surface area contributed by atoms with Crippen molar-refractivity contribution in [2.24, 2.45) is 0 Å². The number of hydrogen-bond acceptors (Lipinski definition) is 3. The number of benzene rings is 1. The van der Waals surface area contributed by atoms with E-state index in [1.807, 2.05) is 22.9 Å². The Morgan fingerprint density at radius 1 is 1.12 bits per heavy atom. The highest BCUT2D eigenvalue weighted by atomic mass is 16.1. The van der Waals surface area contributed by atoms with Gasteiger partial charge in [0.2, 0.25) is 5.91 Å². The number of nitrogens with one attached hydrogen (secondary N) is 1. The number of fused-ring (bicyclic) bond motifs is 1. The molecule has 0 spiro atoms. The zero-order valence-electron chi connectivity index (χ0n) is 14.0. The predicted molar refractivity (Wildman–Crippen MR) is 96.8 cm³/mol. The molecule has 5 nitrogen and oxygen atoms in total. The van der Waals surface area contributed by atoms with E-state index in [4.69, 9.17) is 0 Å². The molecule has 5 heteroatoms. The maximum absolute atomic E-state index is 12.3. The number of aromatic nitrogens is 3. The number of rotatable bonds is 4. The summed E-state index contributed by atoms with van der Waals surface area (Å²) < 4.78 is 1.82. The number of carbonyl (C=O) groups excluding carboxylic acids is 1. The maximum Gasteiger partial charge on any atom is 0.228 e. The van der Waals surface area contributed by atoms with Gasteiger partial charge in [-0.05, 0) is 54.5 Å². The molecule has 0 saturated heterocycles. The van der Waals surface area contributed by atoms with Gasteiger partial charge in [-0.3, -0.25) is 9.36 Å². The molecule has 0 bridgehead atoms. The molecular formula is C20H20N4O. The van der Waals surface area contributed by atoms with E-state index in [-0.39, 0.29) is 5.91 Å². The summed E-state index contributed by atoms with van der Waals surface area (Å²) in [5, 5.41) is 2.92. The Bertz CT molecular complexity index is 869. The van der Waals surface area contributed by atoms with Crippen LogP contribution in [0.25, 0.3) is 5.82 Å². The van der Waals surface area contributed by atoms with Gasteiger partial charge in [0.25, 0.3) is 0 Å². The van der Waals surface area contributed by atoms with Gasteiger partial charge in [-0.2, -0.15) is 0 Å². The Morgan fingerprint density at radius 3 is 2.76 bits per heavy atom. The number of imidazole rings is 1. The van der Waals surface area contributed by atoms with Crippen molar-refractivity contribution in [1.29, 1.82) is 0 Å². The second-order valence-corrected chi connectivity index (χ2v) is 6.41. The lowest BCUT2D eigenvalue weighted by atomic mass is 9.90. The molecule has 0 aliphatic heterocycles. The minimum Gasteiger partial charge on any atom is -0.324 e. The zero-order chi connectivity index (χ0) is 17.1. The van der Waals surface area contributed by atoms with Gasteiger partial charge in [0, 0.05) is 12.4 Å². The van der Waals surface area contributed by atoms with Gasteiger partial charge in [0.15, 0.2) is 0 Å². The predicted octanol–water partition coefficient (Wildman–Crippen LogP) is 3.33. The fourth-order valence-corrected chi connectivity index (χ4v) is 3.29. The normalized spacial score (nSPS) is 13.3. The van der Waals surface area contributed by atoms with E-state index in [2.05, 4.69) is 33.5 Å². The van der Waals surface area contributed by atoms with Crippen LogP contribution in [0.2, 0.25) is 0 Å². The van der Waals surface area contributed by atoms with E-state index in [9.17, 15) is 4.79 Å². The highest BCUT2D eigenvalue weighted by Gasteiger charge is 2.11. The molecule has 0 fully saturated rings.